The number of aryl methyl sites for hydroxylation is 1. The van der Waals surface area contributed by atoms with Gasteiger partial charge in [0, 0.05) is 44.0 Å². The average Bonchev–Trinajstić information content (AvgIpc) is 3.63. The van der Waals surface area contributed by atoms with Gasteiger partial charge in [-0.25, -0.2) is 12.8 Å². The summed E-state index contributed by atoms with van der Waals surface area (Å²) in [6.45, 7) is 1.34. The number of nitrogens with zero attached hydrogens (tertiary/aromatic N) is 2. The second kappa shape index (κ2) is 15.5. The summed E-state index contributed by atoms with van der Waals surface area (Å²) in [4.78, 5) is 29.7. The number of halogens is 2. The maximum atomic E-state index is 14.0. The van der Waals surface area contributed by atoms with Gasteiger partial charge >= 0.3 is 0 Å². The SMILES string of the molecule is O=C(NCc1ccccc1Cl)C(Cc1ccccc1)N(Cc1ccc(F)cc1)C(=O)CCc1ccc(S(=O)(=O)N2CCCC2)cc1. The van der Waals surface area contributed by atoms with E-state index in [0.717, 1.165) is 29.5 Å². The van der Waals surface area contributed by atoms with Gasteiger partial charge in [-0.2, -0.15) is 4.31 Å². The highest BCUT2D eigenvalue weighted by molar-refractivity contribution is 7.89. The number of hydrogen-bond acceptors (Lipinski definition) is 4. The zero-order valence-electron chi connectivity index (χ0n) is 25.4. The molecule has 1 saturated heterocycles. The Balaban J connectivity index is 1.37. The first kappa shape index (κ1) is 33.3. The van der Waals surface area contributed by atoms with Gasteiger partial charge in [0.1, 0.15) is 11.9 Å². The zero-order valence-corrected chi connectivity index (χ0v) is 27.0. The van der Waals surface area contributed by atoms with Gasteiger partial charge in [-0.15, -0.1) is 0 Å². The molecular weight excluding hydrogens is 625 g/mol. The minimum absolute atomic E-state index is 0.0858. The van der Waals surface area contributed by atoms with Crippen molar-refractivity contribution in [3.8, 4) is 0 Å². The fraction of sp³-hybridized carbons (Fsp3) is 0.278. The van der Waals surface area contributed by atoms with Crippen LogP contribution >= 0.6 is 11.6 Å². The van der Waals surface area contributed by atoms with Crippen LogP contribution in [0.3, 0.4) is 0 Å². The molecule has 0 saturated carbocycles. The molecule has 0 aliphatic carbocycles. The largest absolute Gasteiger partial charge is 0.350 e. The summed E-state index contributed by atoms with van der Waals surface area (Å²) in [6.07, 6.45) is 2.42. The monoisotopic (exact) mass is 661 g/mol. The Bertz CT molecular complexity index is 1730. The van der Waals surface area contributed by atoms with Gasteiger partial charge in [-0.1, -0.05) is 84.4 Å². The van der Waals surface area contributed by atoms with E-state index in [2.05, 4.69) is 5.32 Å². The molecule has 46 heavy (non-hydrogen) atoms. The summed E-state index contributed by atoms with van der Waals surface area (Å²) in [5.74, 6) is -0.988. The molecule has 1 aliphatic rings. The van der Waals surface area contributed by atoms with E-state index in [0.29, 0.717) is 30.1 Å². The molecule has 4 aromatic carbocycles. The lowest BCUT2D eigenvalue weighted by molar-refractivity contribution is -0.141. The third-order valence-electron chi connectivity index (χ3n) is 8.20. The number of rotatable bonds is 13. The van der Waals surface area contributed by atoms with Crippen LogP contribution < -0.4 is 5.32 Å². The Hall–Kier alpha value is -4.05. The molecular formula is C36H37ClFN3O4S. The van der Waals surface area contributed by atoms with E-state index in [1.54, 1.807) is 47.4 Å². The number of amides is 2. The topological polar surface area (TPSA) is 86.8 Å². The van der Waals surface area contributed by atoms with Crippen molar-refractivity contribution in [2.75, 3.05) is 13.1 Å². The number of hydrogen-bond donors (Lipinski definition) is 1. The molecule has 1 atom stereocenters. The first-order valence-corrected chi connectivity index (χ1v) is 17.2. The molecule has 2 amide bonds. The second-order valence-corrected chi connectivity index (χ2v) is 13.8. The lowest BCUT2D eigenvalue weighted by Crippen LogP contribution is -2.50. The van der Waals surface area contributed by atoms with Crippen LogP contribution in [-0.4, -0.2) is 48.6 Å². The van der Waals surface area contributed by atoms with Crippen molar-refractivity contribution in [1.82, 2.24) is 14.5 Å². The molecule has 1 aliphatic heterocycles. The number of sulfonamides is 1. The van der Waals surface area contributed by atoms with Crippen LogP contribution in [0.2, 0.25) is 5.02 Å². The summed E-state index contributed by atoms with van der Waals surface area (Å²) < 4.78 is 41.1. The zero-order chi connectivity index (χ0) is 32.5. The van der Waals surface area contributed by atoms with Crippen molar-refractivity contribution < 1.29 is 22.4 Å². The fourth-order valence-electron chi connectivity index (χ4n) is 5.58. The highest BCUT2D eigenvalue weighted by Crippen LogP contribution is 2.23. The highest BCUT2D eigenvalue weighted by Gasteiger charge is 2.31. The summed E-state index contributed by atoms with van der Waals surface area (Å²) in [7, 11) is -3.54. The van der Waals surface area contributed by atoms with Gasteiger partial charge in [-0.05, 0) is 71.8 Å². The third-order valence-corrected chi connectivity index (χ3v) is 10.5. The minimum Gasteiger partial charge on any atom is -0.350 e. The van der Waals surface area contributed by atoms with Crippen molar-refractivity contribution in [2.45, 2.75) is 56.1 Å². The van der Waals surface area contributed by atoms with E-state index in [1.807, 2.05) is 48.5 Å². The standard InChI is InChI=1S/C36H37ClFN3O4S/c37-33-11-5-4-10-30(33)25-39-36(43)34(24-28-8-2-1-3-9-28)41(26-29-12-17-31(38)18-13-29)35(42)21-16-27-14-19-32(20-15-27)46(44,45)40-22-6-7-23-40/h1-5,8-15,17-20,34H,6-7,16,21-26H2,(H,39,43). The lowest BCUT2D eigenvalue weighted by Gasteiger charge is -2.32. The lowest BCUT2D eigenvalue weighted by atomic mass is 10.0. The molecule has 7 nitrogen and oxygen atoms in total. The van der Waals surface area contributed by atoms with Gasteiger partial charge in [0.25, 0.3) is 0 Å². The molecule has 240 valence electrons. The number of carbonyl (C=O) groups is 2. The van der Waals surface area contributed by atoms with Crippen LogP contribution in [0.5, 0.6) is 0 Å². The van der Waals surface area contributed by atoms with E-state index in [1.165, 1.54) is 16.4 Å². The van der Waals surface area contributed by atoms with Gasteiger partial charge in [0.15, 0.2) is 0 Å². The Labute approximate surface area is 275 Å². The van der Waals surface area contributed by atoms with Crippen molar-refractivity contribution >= 4 is 33.4 Å². The normalized spacial score (nSPS) is 14.1. The average molecular weight is 662 g/mol. The molecule has 0 bridgehead atoms. The van der Waals surface area contributed by atoms with Crippen LogP contribution in [0.1, 0.15) is 41.5 Å². The predicted molar refractivity (Wildman–Crippen MR) is 177 cm³/mol. The Kier molecular flexibility index (Phi) is 11.2. The van der Waals surface area contributed by atoms with E-state index in [4.69, 9.17) is 11.6 Å². The van der Waals surface area contributed by atoms with Gasteiger partial charge in [0.05, 0.1) is 4.90 Å². The van der Waals surface area contributed by atoms with Crippen molar-refractivity contribution in [1.29, 1.82) is 0 Å². The second-order valence-electron chi connectivity index (χ2n) is 11.4. The maximum Gasteiger partial charge on any atom is 0.243 e. The van der Waals surface area contributed by atoms with E-state index < -0.39 is 21.9 Å². The van der Waals surface area contributed by atoms with E-state index in [9.17, 15) is 22.4 Å². The molecule has 5 rings (SSSR count). The minimum atomic E-state index is -3.54. The summed E-state index contributed by atoms with van der Waals surface area (Å²) >= 11 is 6.33. The van der Waals surface area contributed by atoms with Gasteiger partial charge < -0.3 is 10.2 Å². The first-order chi connectivity index (χ1) is 22.2. The van der Waals surface area contributed by atoms with Crippen molar-refractivity contribution in [2.24, 2.45) is 0 Å². The van der Waals surface area contributed by atoms with Crippen LogP contribution in [0.4, 0.5) is 4.39 Å². The first-order valence-electron chi connectivity index (χ1n) is 15.4. The molecule has 1 fully saturated rings. The molecule has 10 heteroatoms. The predicted octanol–water partition coefficient (Wildman–Crippen LogP) is 6.15. The number of benzene rings is 4. The Morgan fingerprint density at radius 2 is 1.46 bits per heavy atom. The fourth-order valence-corrected chi connectivity index (χ4v) is 7.30. The quantitative estimate of drug-likeness (QED) is 0.186. The smallest absolute Gasteiger partial charge is 0.243 e. The molecule has 1 heterocycles. The van der Waals surface area contributed by atoms with Gasteiger partial charge in [-0.3, -0.25) is 9.59 Å². The highest BCUT2D eigenvalue weighted by atomic mass is 35.5. The Morgan fingerprint density at radius 3 is 2.13 bits per heavy atom. The van der Waals surface area contributed by atoms with Crippen LogP contribution in [0.15, 0.2) is 108 Å². The molecule has 1 N–H and O–H groups in total. The van der Waals surface area contributed by atoms with Crippen molar-refractivity contribution in [3.05, 3.63) is 136 Å². The number of carbonyl (C=O) groups excluding carboxylic acids is 2. The van der Waals surface area contributed by atoms with E-state index in [-0.39, 0.29) is 42.6 Å². The molecule has 4 aromatic rings. The maximum absolute atomic E-state index is 14.0. The summed E-state index contributed by atoms with van der Waals surface area (Å²) in [6, 6.07) is 28.4. The Morgan fingerprint density at radius 1 is 0.826 bits per heavy atom. The third kappa shape index (κ3) is 8.60. The molecule has 0 radical (unpaired) electrons. The summed E-state index contributed by atoms with van der Waals surface area (Å²) in [5.41, 5.74) is 3.12. The van der Waals surface area contributed by atoms with Crippen LogP contribution in [-0.2, 0) is 45.5 Å². The molecule has 0 spiro atoms. The van der Waals surface area contributed by atoms with E-state index >= 15 is 0 Å². The molecule has 1 unspecified atom stereocenters. The van der Waals surface area contributed by atoms with Crippen LogP contribution in [0, 0.1) is 5.82 Å². The summed E-state index contributed by atoms with van der Waals surface area (Å²) in [5, 5.41) is 3.50. The van der Waals surface area contributed by atoms with Crippen molar-refractivity contribution in [3.63, 3.8) is 0 Å². The van der Waals surface area contributed by atoms with Gasteiger partial charge in [0.2, 0.25) is 21.8 Å². The van der Waals surface area contributed by atoms with Crippen LogP contribution in [0.25, 0.3) is 0 Å². The number of nitrogens with one attached hydrogen (secondary N) is 1. The molecule has 0 aromatic heterocycles.